The summed E-state index contributed by atoms with van der Waals surface area (Å²) in [6.45, 7) is 4.47. The Labute approximate surface area is 130 Å². The fourth-order valence-electron chi connectivity index (χ4n) is 2.49. The first-order valence-electron chi connectivity index (χ1n) is 6.88. The highest BCUT2D eigenvalue weighted by Crippen LogP contribution is 2.18. The Kier molecular flexibility index (Phi) is 4.98. The number of carbonyl (C=O) groups excluding carboxylic acids is 1. The normalized spacial score (nSPS) is 18.1. The van der Waals surface area contributed by atoms with Gasteiger partial charge in [-0.25, -0.2) is 0 Å². The number of carbonyl (C=O) groups is 1. The summed E-state index contributed by atoms with van der Waals surface area (Å²) in [6, 6.07) is 11.9. The third-order valence-electron chi connectivity index (χ3n) is 3.64. The zero-order valence-electron chi connectivity index (χ0n) is 11.9. The van der Waals surface area contributed by atoms with Crippen molar-refractivity contribution in [2.45, 2.75) is 13.0 Å². The van der Waals surface area contributed by atoms with Crippen molar-refractivity contribution in [1.29, 1.82) is 0 Å². The molecule has 1 aliphatic heterocycles. The molecule has 6 heteroatoms. The Bertz CT molecular complexity index is 599. The number of nitrogens with zero attached hydrogens (tertiary/aromatic N) is 2. The van der Waals surface area contributed by atoms with Gasteiger partial charge in [-0.05, 0) is 13.0 Å². The molecule has 1 aromatic heterocycles. The van der Waals surface area contributed by atoms with E-state index >= 15 is 0 Å². The highest BCUT2D eigenvalue weighted by atomic mass is 35.5. The lowest BCUT2D eigenvalue weighted by Gasteiger charge is -2.33. The molecule has 112 valence electrons. The standard InChI is InChI=1S/C15H18N4O.ClH/c1-11-10-16-7-8-19(11)15(20)14-9-13(17-18-14)12-5-3-2-4-6-12;/h2-6,9,11,16H,7-8,10H2,1H3,(H,17,18);1H/t11-;/m0./s1. The number of hydrogen-bond donors (Lipinski definition) is 2. The molecule has 1 aliphatic rings. The van der Waals surface area contributed by atoms with Crippen LogP contribution in [0.1, 0.15) is 17.4 Å². The van der Waals surface area contributed by atoms with Gasteiger partial charge in [0, 0.05) is 31.2 Å². The maximum atomic E-state index is 12.5. The van der Waals surface area contributed by atoms with E-state index in [1.54, 1.807) is 0 Å². The van der Waals surface area contributed by atoms with Crippen LogP contribution in [0.4, 0.5) is 0 Å². The molecule has 3 rings (SSSR count). The molecule has 2 heterocycles. The summed E-state index contributed by atoms with van der Waals surface area (Å²) < 4.78 is 0. The smallest absolute Gasteiger partial charge is 0.272 e. The lowest BCUT2D eigenvalue weighted by Crippen LogP contribution is -2.52. The molecule has 0 bridgehead atoms. The molecule has 21 heavy (non-hydrogen) atoms. The van der Waals surface area contributed by atoms with Crippen LogP contribution in [0.15, 0.2) is 36.4 Å². The average molecular weight is 307 g/mol. The van der Waals surface area contributed by atoms with Crippen LogP contribution in [-0.4, -0.2) is 46.7 Å². The monoisotopic (exact) mass is 306 g/mol. The van der Waals surface area contributed by atoms with Gasteiger partial charge in [0.05, 0.1) is 5.69 Å². The second-order valence-electron chi connectivity index (χ2n) is 5.08. The maximum Gasteiger partial charge on any atom is 0.272 e. The molecular formula is C15H19ClN4O. The third kappa shape index (κ3) is 3.25. The van der Waals surface area contributed by atoms with E-state index in [9.17, 15) is 4.79 Å². The number of nitrogens with one attached hydrogen (secondary N) is 2. The molecule has 2 aromatic rings. The van der Waals surface area contributed by atoms with E-state index < -0.39 is 0 Å². The highest BCUT2D eigenvalue weighted by molar-refractivity contribution is 5.93. The first-order valence-corrected chi connectivity index (χ1v) is 6.88. The quantitative estimate of drug-likeness (QED) is 0.891. The molecule has 1 amide bonds. The predicted octanol–water partition coefficient (Wildman–Crippen LogP) is 1.93. The summed E-state index contributed by atoms with van der Waals surface area (Å²) in [6.07, 6.45) is 0. The topological polar surface area (TPSA) is 61.0 Å². The van der Waals surface area contributed by atoms with Crippen LogP contribution >= 0.6 is 12.4 Å². The van der Waals surface area contributed by atoms with Crippen molar-refractivity contribution in [3.63, 3.8) is 0 Å². The molecule has 0 unspecified atom stereocenters. The van der Waals surface area contributed by atoms with Gasteiger partial charge < -0.3 is 10.2 Å². The molecule has 0 spiro atoms. The number of aromatic nitrogens is 2. The van der Waals surface area contributed by atoms with Gasteiger partial charge in [-0.15, -0.1) is 12.4 Å². The van der Waals surface area contributed by atoms with Crippen molar-refractivity contribution in [2.75, 3.05) is 19.6 Å². The van der Waals surface area contributed by atoms with Gasteiger partial charge in [0.1, 0.15) is 5.69 Å². The summed E-state index contributed by atoms with van der Waals surface area (Å²) in [7, 11) is 0. The zero-order chi connectivity index (χ0) is 13.9. The van der Waals surface area contributed by atoms with E-state index in [1.807, 2.05) is 41.3 Å². The Morgan fingerprint density at radius 3 is 2.81 bits per heavy atom. The number of hydrogen-bond acceptors (Lipinski definition) is 3. The van der Waals surface area contributed by atoms with Crippen molar-refractivity contribution in [3.05, 3.63) is 42.1 Å². The van der Waals surface area contributed by atoms with Gasteiger partial charge in [-0.3, -0.25) is 9.89 Å². The van der Waals surface area contributed by atoms with Crippen molar-refractivity contribution < 1.29 is 4.79 Å². The van der Waals surface area contributed by atoms with Crippen LogP contribution < -0.4 is 5.32 Å². The molecule has 5 nitrogen and oxygen atoms in total. The van der Waals surface area contributed by atoms with E-state index in [1.165, 1.54) is 0 Å². The summed E-state index contributed by atoms with van der Waals surface area (Å²) in [5.41, 5.74) is 2.37. The summed E-state index contributed by atoms with van der Waals surface area (Å²) in [4.78, 5) is 14.4. The highest BCUT2D eigenvalue weighted by Gasteiger charge is 2.25. The molecule has 2 N–H and O–H groups in total. The molecule has 1 fully saturated rings. The van der Waals surface area contributed by atoms with Gasteiger partial charge in [-0.1, -0.05) is 30.3 Å². The van der Waals surface area contributed by atoms with Crippen molar-refractivity contribution in [3.8, 4) is 11.3 Å². The van der Waals surface area contributed by atoms with E-state index in [4.69, 9.17) is 0 Å². The fraction of sp³-hybridized carbons (Fsp3) is 0.333. The Balaban J connectivity index is 0.00000161. The third-order valence-corrected chi connectivity index (χ3v) is 3.64. The van der Waals surface area contributed by atoms with E-state index in [0.717, 1.165) is 30.9 Å². The Hall–Kier alpha value is -1.85. The maximum absolute atomic E-state index is 12.5. The van der Waals surface area contributed by atoms with E-state index in [2.05, 4.69) is 22.4 Å². The van der Waals surface area contributed by atoms with Crippen LogP contribution in [0, 0.1) is 0 Å². The Morgan fingerprint density at radius 2 is 2.10 bits per heavy atom. The van der Waals surface area contributed by atoms with E-state index in [-0.39, 0.29) is 24.4 Å². The molecule has 0 aliphatic carbocycles. The summed E-state index contributed by atoms with van der Waals surface area (Å²) >= 11 is 0. The van der Waals surface area contributed by atoms with Crippen molar-refractivity contribution in [2.24, 2.45) is 0 Å². The van der Waals surface area contributed by atoms with Gasteiger partial charge in [-0.2, -0.15) is 5.10 Å². The number of benzene rings is 1. The molecule has 1 saturated heterocycles. The minimum atomic E-state index is 0. The van der Waals surface area contributed by atoms with Gasteiger partial charge >= 0.3 is 0 Å². The minimum Gasteiger partial charge on any atom is -0.332 e. The van der Waals surface area contributed by atoms with Crippen LogP contribution in [0.3, 0.4) is 0 Å². The first kappa shape index (κ1) is 15.5. The fourth-order valence-corrected chi connectivity index (χ4v) is 2.49. The number of rotatable bonds is 2. The molecule has 0 saturated carbocycles. The number of piperazine rings is 1. The van der Waals surface area contributed by atoms with Gasteiger partial charge in [0.25, 0.3) is 5.91 Å². The first-order chi connectivity index (χ1) is 9.75. The second kappa shape index (κ2) is 6.74. The van der Waals surface area contributed by atoms with Crippen LogP contribution in [0.25, 0.3) is 11.3 Å². The lowest BCUT2D eigenvalue weighted by molar-refractivity contribution is 0.0649. The molecule has 1 atom stereocenters. The number of halogens is 1. The van der Waals surface area contributed by atoms with Crippen LogP contribution in [-0.2, 0) is 0 Å². The average Bonchev–Trinajstić information content (AvgIpc) is 2.98. The molecule has 0 radical (unpaired) electrons. The summed E-state index contributed by atoms with van der Waals surface area (Å²) in [5, 5.41) is 10.4. The predicted molar refractivity (Wildman–Crippen MR) is 84.6 cm³/mol. The van der Waals surface area contributed by atoms with Crippen LogP contribution in [0.5, 0.6) is 0 Å². The summed E-state index contributed by atoms with van der Waals surface area (Å²) in [5.74, 6) is 0.0219. The Morgan fingerprint density at radius 1 is 1.33 bits per heavy atom. The van der Waals surface area contributed by atoms with Gasteiger partial charge in [0.15, 0.2) is 0 Å². The van der Waals surface area contributed by atoms with Gasteiger partial charge in [0.2, 0.25) is 0 Å². The number of amides is 1. The largest absolute Gasteiger partial charge is 0.332 e. The van der Waals surface area contributed by atoms with Crippen molar-refractivity contribution in [1.82, 2.24) is 20.4 Å². The van der Waals surface area contributed by atoms with Crippen molar-refractivity contribution >= 4 is 18.3 Å². The molecular weight excluding hydrogens is 288 g/mol. The molecule has 1 aromatic carbocycles. The van der Waals surface area contributed by atoms with E-state index in [0.29, 0.717) is 5.69 Å². The number of aromatic amines is 1. The SMILES string of the molecule is C[C@H]1CNCCN1C(=O)c1cc(-c2ccccc2)n[nH]1.Cl. The zero-order valence-corrected chi connectivity index (χ0v) is 12.7. The lowest BCUT2D eigenvalue weighted by atomic mass is 10.1. The van der Waals surface area contributed by atoms with Crippen LogP contribution in [0.2, 0.25) is 0 Å². The second-order valence-corrected chi connectivity index (χ2v) is 5.08. The number of H-pyrrole nitrogens is 1. The minimum absolute atomic E-state index is 0.